The molecule has 2 aromatic heterocycles. The SMILES string of the molecule is Cn1c(=O)c2c(n3ncnc13)NC(=O)CC2c1cccc([N+](=O)[O-])c1. The van der Waals surface area contributed by atoms with Crippen molar-refractivity contribution in [3.8, 4) is 0 Å². The fourth-order valence-electron chi connectivity index (χ4n) is 3.15. The molecule has 3 aromatic rings. The van der Waals surface area contributed by atoms with E-state index in [1.165, 1.54) is 33.6 Å². The Labute approximate surface area is 139 Å². The lowest BCUT2D eigenvalue weighted by Gasteiger charge is -2.25. The van der Waals surface area contributed by atoms with Gasteiger partial charge in [0.15, 0.2) is 0 Å². The molecule has 3 heterocycles. The highest BCUT2D eigenvalue weighted by atomic mass is 16.6. The number of amides is 1. The van der Waals surface area contributed by atoms with E-state index in [1.807, 2.05) is 0 Å². The van der Waals surface area contributed by atoms with Crippen molar-refractivity contribution in [2.75, 3.05) is 5.32 Å². The molecule has 1 amide bonds. The lowest BCUT2D eigenvalue weighted by atomic mass is 9.86. The molecule has 0 radical (unpaired) electrons. The van der Waals surface area contributed by atoms with Crippen LogP contribution in [0, 0.1) is 10.1 Å². The summed E-state index contributed by atoms with van der Waals surface area (Å²) in [6, 6.07) is 5.97. The van der Waals surface area contributed by atoms with Gasteiger partial charge < -0.3 is 5.32 Å². The standard InChI is InChI=1S/C15H12N6O4/c1-19-14(23)12-10(8-3-2-4-9(5-8)21(24)25)6-11(22)18-13(12)20-15(19)16-7-17-20/h2-5,7,10H,6H2,1H3,(H,18,22). The Kier molecular flexibility index (Phi) is 3.14. The third kappa shape index (κ3) is 2.18. The Hall–Kier alpha value is -3.56. The van der Waals surface area contributed by atoms with Gasteiger partial charge in [0.05, 0.1) is 10.5 Å². The van der Waals surface area contributed by atoms with Crippen LogP contribution in [0.1, 0.15) is 23.5 Å². The zero-order valence-electron chi connectivity index (χ0n) is 13.0. The molecule has 0 saturated heterocycles. The third-order valence-corrected chi connectivity index (χ3v) is 4.31. The highest BCUT2D eigenvalue weighted by Gasteiger charge is 2.33. The van der Waals surface area contributed by atoms with Crippen molar-refractivity contribution < 1.29 is 9.72 Å². The number of aromatic nitrogens is 4. The van der Waals surface area contributed by atoms with Gasteiger partial charge in [-0.05, 0) is 5.56 Å². The normalized spacial score (nSPS) is 16.5. The molecule has 0 aliphatic carbocycles. The van der Waals surface area contributed by atoms with Gasteiger partial charge in [-0.25, -0.2) is 0 Å². The number of hydrogen-bond acceptors (Lipinski definition) is 6. The first-order chi connectivity index (χ1) is 12.0. The third-order valence-electron chi connectivity index (χ3n) is 4.31. The van der Waals surface area contributed by atoms with E-state index < -0.39 is 10.8 Å². The van der Waals surface area contributed by atoms with E-state index in [2.05, 4.69) is 15.4 Å². The fraction of sp³-hybridized carbons (Fsp3) is 0.200. The van der Waals surface area contributed by atoms with Gasteiger partial charge in [0.1, 0.15) is 12.1 Å². The molecule has 1 aromatic carbocycles. The number of carbonyl (C=O) groups excluding carboxylic acids is 1. The van der Waals surface area contributed by atoms with Crippen LogP contribution < -0.4 is 10.9 Å². The fourth-order valence-corrected chi connectivity index (χ4v) is 3.15. The number of nitro benzene ring substituents is 1. The van der Waals surface area contributed by atoms with E-state index in [0.717, 1.165) is 0 Å². The number of non-ortho nitro benzene ring substituents is 1. The Balaban J connectivity index is 2.00. The van der Waals surface area contributed by atoms with Gasteiger partial charge in [0.25, 0.3) is 11.2 Å². The van der Waals surface area contributed by atoms with Crippen LogP contribution in [-0.2, 0) is 11.8 Å². The lowest BCUT2D eigenvalue weighted by molar-refractivity contribution is -0.384. The van der Waals surface area contributed by atoms with Gasteiger partial charge in [-0.3, -0.25) is 24.3 Å². The van der Waals surface area contributed by atoms with Gasteiger partial charge in [-0.1, -0.05) is 12.1 Å². The molecular formula is C15H12N6O4. The Morgan fingerprint density at radius 2 is 2.16 bits per heavy atom. The van der Waals surface area contributed by atoms with Crippen molar-refractivity contribution in [3.05, 3.63) is 62.2 Å². The number of anilines is 1. The van der Waals surface area contributed by atoms with Crippen LogP contribution in [0.15, 0.2) is 35.4 Å². The molecule has 1 N–H and O–H groups in total. The molecule has 4 rings (SSSR count). The van der Waals surface area contributed by atoms with Crippen LogP contribution in [0.4, 0.5) is 11.5 Å². The Morgan fingerprint density at radius 3 is 2.92 bits per heavy atom. The Bertz CT molecular complexity index is 1100. The summed E-state index contributed by atoms with van der Waals surface area (Å²) in [5, 5.41) is 17.8. The van der Waals surface area contributed by atoms with Gasteiger partial charge in [0.2, 0.25) is 11.7 Å². The zero-order valence-corrected chi connectivity index (χ0v) is 13.0. The van der Waals surface area contributed by atoms with E-state index in [4.69, 9.17) is 0 Å². The molecule has 25 heavy (non-hydrogen) atoms. The number of hydrogen-bond donors (Lipinski definition) is 1. The number of fused-ring (bicyclic) bond motifs is 3. The number of nitrogens with one attached hydrogen (secondary N) is 1. The number of nitrogens with zero attached hydrogens (tertiary/aromatic N) is 5. The van der Waals surface area contributed by atoms with Crippen molar-refractivity contribution in [1.82, 2.24) is 19.2 Å². The van der Waals surface area contributed by atoms with Gasteiger partial charge in [-0.15, -0.1) is 0 Å². The van der Waals surface area contributed by atoms with E-state index in [0.29, 0.717) is 16.9 Å². The van der Waals surface area contributed by atoms with Crippen molar-refractivity contribution >= 4 is 23.2 Å². The molecule has 0 fully saturated rings. The molecule has 1 atom stereocenters. The average molecular weight is 340 g/mol. The summed E-state index contributed by atoms with van der Waals surface area (Å²) in [7, 11) is 1.56. The summed E-state index contributed by atoms with van der Waals surface area (Å²) in [5.41, 5.74) is 0.443. The largest absolute Gasteiger partial charge is 0.310 e. The van der Waals surface area contributed by atoms with Gasteiger partial charge >= 0.3 is 0 Å². The first-order valence-electron chi connectivity index (χ1n) is 7.44. The van der Waals surface area contributed by atoms with Crippen LogP contribution in [0.3, 0.4) is 0 Å². The summed E-state index contributed by atoms with van der Waals surface area (Å²) in [5.74, 6) is -0.350. The molecule has 126 valence electrons. The van der Waals surface area contributed by atoms with Gasteiger partial charge in [0, 0.05) is 31.5 Å². The highest BCUT2D eigenvalue weighted by Crippen LogP contribution is 2.35. The monoisotopic (exact) mass is 340 g/mol. The predicted octanol–water partition coefficient (Wildman–Crippen LogP) is 0.810. The lowest BCUT2D eigenvalue weighted by Crippen LogP contribution is -2.35. The van der Waals surface area contributed by atoms with Crippen molar-refractivity contribution in [3.63, 3.8) is 0 Å². The summed E-state index contributed by atoms with van der Waals surface area (Å²) >= 11 is 0. The van der Waals surface area contributed by atoms with Crippen LogP contribution in [-0.4, -0.2) is 30.0 Å². The van der Waals surface area contributed by atoms with Crippen LogP contribution in [0.2, 0.25) is 0 Å². The first-order valence-corrected chi connectivity index (χ1v) is 7.44. The number of benzene rings is 1. The second-order valence-electron chi connectivity index (χ2n) is 5.76. The predicted molar refractivity (Wildman–Crippen MR) is 86.4 cm³/mol. The van der Waals surface area contributed by atoms with Crippen LogP contribution in [0.25, 0.3) is 5.78 Å². The number of aryl methyl sites for hydroxylation is 1. The second kappa shape index (κ2) is 5.23. The molecule has 1 unspecified atom stereocenters. The quantitative estimate of drug-likeness (QED) is 0.544. The molecular weight excluding hydrogens is 328 g/mol. The molecule has 10 nitrogen and oxygen atoms in total. The maximum absolute atomic E-state index is 12.8. The molecule has 0 spiro atoms. The summed E-state index contributed by atoms with van der Waals surface area (Å²) < 4.78 is 2.73. The van der Waals surface area contributed by atoms with Gasteiger partial charge in [-0.2, -0.15) is 14.6 Å². The number of nitro groups is 1. The minimum absolute atomic E-state index is 0.0175. The molecule has 0 saturated carbocycles. The minimum atomic E-state index is -0.601. The number of rotatable bonds is 2. The van der Waals surface area contributed by atoms with E-state index >= 15 is 0 Å². The van der Waals surface area contributed by atoms with Crippen molar-refractivity contribution in [2.24, 2.45) is 7.05 Å². The minimum Gasteiger partial charge on any atom is -0.310 e. The summed E-state index contributed by atoms with van der Waals surface area (Å²) in [4.78, 5) is 39.6. The topological polar surface area (TPSA) is 124 Å². The molecule has 1 aliphatic rings. The highest BCUT2D eigenvalue weighted by molar-refractivity contribution is 5.94. The first kappa shape index (κ1) is 15.0. The van der Waals surface area contributed by atoms with Crippen molar-refractivity contribution in [1.29, 1.82) is 0 Å². The van der Waals surface area contributed by atoms with E-state index in [-0.39, 0.29) is 29.4 Å². The van der Waals surface area contributed by atoms with E-state index in [9.17, 15) is 19.7 Å². The Morgan fingerprint density at radius 1 is 1.36 bits per heavy atom. The molecule has 0 bridgehead atoms. The zero-order chi connectivity index (χ0) is 17.7. The molecule has 10 heteroatoms. The average Bonchev–Trinajstić information content (AvgIpc) is 3.09. The van der Waals surface area contributed by atoms with Crippen LogP contribution in [0.5, 0.6) is 0 Å². The summed E-state index contributed by atoms with van der Waals surface area (Å²) in [6.45, 7) is 0. The van der Waals surface area contributed by atoms with Crippen molar-refractivity contribution in [2.45, 2.75) is 12.3 Å². The molecule has 1 aliphatic heterocycles. The second-order valence-corrected chi connectivity index (χ2v) is 5.76. The smallest absolute Gasteiger partial charge is 0.269 e. The van der Waals surface area contributed by atoms with Crippen LogP contribution >= 0.6 is 0 Å². The maximum atomic E-state index is 12.8. The van der Waals surface area contributed by atoms with E-state index in [1.54, 1.807) is 13.1 Å². The number of carbonyl (C=O) groups is 1. The maximum Gasteiger partial charge on any atom is 0.269 e. The summed E-state index contributed by atoms with van der Waals surface area (Å²) in [6.07, 6.45) is 1.31.